The standard InChI is InChI=1S/C19H26N4O2/c1-13(2)21-8-10-22(11-9-21)19(25)18-14(3)20-23(15(18)4)16-6-5-7-17(24)12-16/h5-7,12-13,24H,8-11H2,1-4H3. The van der Waals surface area contributed by atoms with Crippen LogP contribution in [-0.4, -0.2) is 62.8 Å². The zero-order valence-corrected chi connectivity index (χ0v) is 15.4. The first-order valence-corrected chi connectivity index (χ1v) is 8.77. The molecule has 2 heterocycles. The number of piperazine rings is 1. The molecule has 0 radical (unpaired) electrons. The molecule has 0 bridgehead atoms. The van der Waals surface area contributed by atoms with Crippen LogP contribution in [0.15, 0.2) is 24.3 Å². The van der Waals surface area contributed by atoms with Crippen molar-refractivity contribution in [2.24, 2.45) is 0 Å². The zero-order valence-electron chi connectivity index (χ0n) is 15.4. The smallest absolute Gasteiger partial charge is 0.257 e. The van der Waals surface area contributed by atoms with Crippen LogP contribution in [0.5, 0.6) is 5.75 Å². The second kappa shape index (κ2) is 6.88. The Kier molecular flexibility index (Phi) is 4.81. The number of amides is 1. The lowest BCUT2D eigenvalue weighted by Gasteiger charge is -2.37. The van der Waals surface area contributed by atoms with Crippen LogP contribution in [0.25, 0.3) is 5.69 Å². The Hall–Kier alpha value is -2.34. The molecule has 1 amide bonds. The highest BCUT2D eigenvalue weighted by Crippen LogP contribution is 2.22. The molecule has 0 saturated carbocycles. The van der Waals surface area contributed by atoms with Crippen LogP contribution < -0.4 is 0 Å². The van der Waals surface area contributed by atoms with Gasteiger partial charge in [0.25, 0.3) is 5.91 Å². The largest absolute Gasteiger partial charge is 0.508 e. The highest BCUT2D eigenvalue weighted by molar-refractivity contribution is 5.96. The Balaban J connectivity index is 1.85. The van der Waals surface area contributed by atoms with Crippen LogP contribution in [-0.2, 0) is 0 Å². The normalized spacial score (nSPS) is 15.8. The van der Waals surface area contributed by atoms with E-state index in [1.54, 1.807) is 22.9 Å². The molecule has 0 spiro atoms. The first kappa shape index (κ1) is 17.5. The molecule has 3 rings (SSSR count). The molecule has 1 aliphatic heterocycles. The van der Waals surface area contributed by atoms with E-state index in [0.717, 1.165) is 43.3 Å². The van der Waals surface area contributed by atoms with E-state index < -0.39 is 0 Å². The van der Waals surface area contributed by atoms with Crippen LogP contribution in [0.3, 0.4) is 0 Å². The highest BCUT2D eigenvalue weighted by atomic mass is 16.3. The van der Waals surface area contributed by atoms with Crippen molar-refractivity contribution in [1.29, 1.82) is 0 Å². The molecule has 1 aromatic carbocycles. The molecular weight excluding hydrogens is 316 g/mol. The molecule has 0 unspecified atom stereocenters. The van der Waals surface area contributed by atoms with Gasteiger partial charge in [0.05, 0.1) is 22.6 Å². The van der Waals surface area contributed by atoms with Crippen LogP contribution in [0.1, 0.15) is 35.6 Å². The van der Waals surface area contributed by atoms with Gasteiger partial charge in [-0.25, -0.2) is 4.68 Å². The Labute approximate surface area is 148 Å². The minimum Gasteiger partial charge on any atom is -0.508 e. The van der Waals surface area contributed by atoms with Crippen molar-refractivity contribution in [3.8, 4) is 11.4 Å². The predicted octanol–water partition coefficient (Wildman–Crippen LogP) is 2.36. The zero-order chi connectivity index (χ0) is 18.1. The van der Waals surface area contributed by atoms with Gasteiger partial charge >= 0.3 is 0 Å². The fourth-order valence-electron chi connectivity index (χ4n) is 3.43. The van der Waals surface area contributed by atoms with Crippen molar-refractivity contribution in [2.75, 3.05) is 26.2 Å². The second-order valence-electron chi connectivity index (χ2n) is 6.90. The molecule has 1 fully saturated rings. The van der Waals surface area contributed by atoms with Crippen LogP contribution >= 0.6 is 0 Å². The number of rotatable bonds is 3. The molecule has 1 saturated heterocycles. The SMILES string of the molecule is Cc1nn(-c2cccc(O)c2)c(C)c1C(=O)N1CCN(C(C)C)CC1. The van der Waals surface area contributed by atoms with Crippen molar-refractivity contribution in [3.05, 3.63) is 41.2 Å². The number of aromatic nitrogens is 2. The second-order valence-corrected chi connectivity index (χ2v) is 6.90. The lowest BCUT2D eigenvalue weighted by Crippen LogP contribution is -2.50. The molecule has 134 valence electrons. The van der Waals surface area contributed by atoms with Gasteiger partial charge in [0.2, 0.25) is 0 Å². The van der Waals surface area contributed by atoms with E-state index in [2.05, 4.69) is 23.8 Å². The number of carbonyl (C=O) groups is 1. The minimum absolute atomic E-state index is 0.0461. The number of phenolic OH excluding ortho intramolecular Hbond substituents is 1. The fourth-order valence-corrected chi connectivity index (χ4v) is 3.43. The molecule has 2 aromatic rings. The number of phenols is 1. The average Bonchev–Trinajstić information content (AvgIpc) is 2.89. The molecule has 1 aliphatic rings. The maximum Gasteiger partial charge on any atom is 0.257 e. The summed E-state index contributed by atoms with van der Waals surface area (Å²) in [5.41, 5.74) is 2.95. The van der Waals surface area contributed by atoms with Gasteiger partial charge in [0.15, 0.2) is 0 Å². The summed E-state index contributed by atoms with van der Waals surface area (Å²) in [6, 6.07) is 7.42. The summed E-state index contributed by atoms with van der Waals surface area (Å²) in [5, 5.41) is 14.2. The van der Waals surface area contributed by atoms with Crippen molar-refractivity contribution >= 4 is 5.91 Å². The Morgan fingerprint density at radius 1 is 1.16 bits per heavy atom. The van der Waals surface area contributed by atoms with E-state index in [4.69, 9.17) is 0 Å². The first-order valence-electron chi connectivity index (χ1n) is 8.77. The van der Waals surface area contributed by atoms with Gasteiger partial charge in [-0.2, -0.15) is 5.10 Å². The van der Waals surface area contributed by atoms with E-state index >= 15 is 0 Å². The van der Waals surface area contributed by atoms with Gasteiger partial charge < -0.3 is 10.0 Å². The number of aryl methyl sites for hydroxylation is 1. The van der Waals surface area contributed by atoms with Gasteiger partial charge in [0.1, 0.15) is 5.75 Å². The first-order chi connectivity index (χ1) is 11.9. The predicted molar refractivity (Wildman–Crippen MR) is 97.3 cm³/mol. The summed E-state index contributed by atoms with van der Waals surface area (Å²) in [6.45, 7) is 11.4. The molecule has 0 aliphatic carbocycles. The summed E-state index contributed by atoms with van der Waals surface area (Å²) in [6.07, 6.45) is 0. The number of benzene rings is 1. The number of aromatic hydroxyl groups is 1. The monoisotopic (exact) mass is 342 g/mol. The van der Waals surface area contributed by atoms with Gasteiger partial charge in [-0.1, -0.05) is 6.07 Å². The average molecular weight is 342 g/mol. The molecular formula is C19H26N4O2. The van der Waals surface area contributed by atoms with Crippen molar-refractivity contribution in [1.82, 2.24) is 19.6 Å². The fraction of sp³-hybridized carbons (Fsp3) is 0.474. The lowest BCUT2D eigenvalue weighted by molar-refractivity contribution is 0.0594. The number of nitrogens with zero attached hydrogens (tertiary/aromatic N) is 4. The third kappa shape index (κ3) is 3.39. The van der Waals surface area contributed by atoms with E-state index in [1.807, 2.05) is 24.8 Å². The van der Waals surface area contributed by atoms with Gasteiger partial charge in [-0.05, 0) is 39.8 Å². The van der Waals surface area contributed by atoms with Gasteiger partial charge in [-0.15, -0.1) is 0 Å². The third-order valence-corrected chi connectivity index (χ3v) is 4.91. The van der Waals surface area contributed by atoms with Crippen LogP contribution in [0, 0.1) is 13.8 Å². The van der Waals surface area contributed by atoms with Crippen molar-refractivity contribution in [2.45, 2.75) is 33.7 Å². The maximum absolute atomic E-state index is 13.0. The van der Waals surface area contributed by atoms with E-state index in [0.29, 0.717) is 11.6 Å². The number of hydrogen-bond acceptors (Lipinski definition) is 4. The molecule has 6 heteroatoms. The molecule has 0 atom stereocenters. The molecule has 1 N–H and O–H groups in total. The topological polar surface area (TPSA) is 61.6 Å². The maximum atomic E-state index is 13.0. The number of hydrogen-bond donors (Lipinski definition) is 1. The van der Waals surface area contributed by atoms with Gasteiger partial charge in [0, 0.05) is 38.3 Å². The van der Waals surface area contributed by atoms with E-state index in [9.17, 15) is 9.90 Å². The summed E-state index contributed by atoms with van der Waals surface area (Å²) >= 11 is 0. The summed E-state index contributed by atoms with van der Waals surface area (Å²) in [4.78, 5) is 17.3. The van der Waals surface area contributed by atoms with Crippen molar-refractivity contribution in [3.63, 3.8) is 0 Å². The lowest BCUT2D eigenvalue weighted by atomic mass is 10.1. The minimum atomic E-state index is 0.0461. The number of carbonyl (C=O) groups excluding carboxylic acids is 1. The summed E-state index contributed by atoms with van der Waals surface area (Å²) in [7, 11) is 0. The van der Waals surface area contributed by atoms with Crippen LogP contribution in [0.2, 0.25) is 0 Å². The Morgan fingerprint density at radius 2 is 1.84 bits per heavy atom. The quantitative estimate of drug-likeness (QED) is 0.930. The van der Waals surface area contributed by atoms with Gasteiger partial charge in [-0.3, -0.25) is 9.69 Å². The third-order valence-electron chi connectivity index (χ3n) is 4.91. The van der Waals surface area contributed by atoms with Crippen LogP contribution in [0.4, 0.5) is 0 Å². The summed E-state index contributed by atoms with van der Waals surface area (Å²) in [5.74, 6) is 0.229. The molecule has 25 heavy (non-hydrogen) atoms. The van der Waals surface area contributed by atoms with E-state index in [1.165, 1.54) is 0 Å². The summed E-state index contributed by atoms with van der Waals surface area (Å²) < 4.78 is 1.73. The molecule has 6 nitrogen and oxygen atoms in total. The molecule has 1 aromatic heterocycles. The highest BCUT2D eigenvalue weighted by Gasteiger charge is 2.27. The Bertz CT molecular complexity index is 774. The van der Waals surface area contributed by atoms with Crippen molar-refractivity contribution < 1.29 is 9.90 Å². The van der Waals surface area contributed by atoms with E-state index in [-0.39, 0.29) is 11.7 Å². The Morgan fingerprint density at radius 3 is 2.44 bits per heavy atom.